The van der Waals surface area contributed by atoms with Crippen molar-refractivity contribution >= 4 is 23.8 Å². The largest absolute Gasteiger partial charge is 0.507 e. The normalized spacial score (nSPS) is 26.7. The Labute approximate surface area is 253 Å². The molecule has 232 valence electrons. The van der Waals surface area contributed by atoms with Crippen molar-refractivity contribution in [3.63, 3.8) is 0 Å². The number of aromatic hydroxyl groups is 1. The number of hydrogen-bond donors (Lipinski definition) is 5. The number of fused-ring (bicyclic) bond motifs is 2. The first-order chi connectivity index (χ1) is 21.1. The number of aliphatic hydroxyl groups is 3. The number of phenols is 1. The highest BCUT2D eigenvalue weighted by molar-refractivity contribution is 6.30. The van der Waals surface area contributed by atoms with Gasteiger partial charge in [-0.3, -0.25) is 19.4 Å². The molecule has 12 heteroatoms. The number of ether oxygens (including phenoxy) is 3. The summed E-state index contributed by atoms with van der Waals surface area (Å²) in [5, 5.41) is 46.8. The molecule has 3 heterocycles. The lowest BCUT2D eigenvalue weighted by Gasteiger charge is -2.40. The van der Waals surface area contributed by atoms with Gasteiger partial charge < -0.3 is 40.0 Å². The van der Waals surface area contributed by atoms with Gasteiger partial charge in [0.05, 0.1) is 18.2 Å². The first kappa shape index (κ1) is 30.1. The third kappa shape index (κ3) is 5.22. The Balaban J connectivity index is 1.59. The number of phenolic OH excluding ortho intramolecular Hbond substituents is 1. The van der Waals surface area contributed by atoms with Crippen LogP contribution in [0.25, 0.3) is 0 Å². The molecule has 0 unspecified atom stereocenters. The molecule has 5 N–H and O–H groups in total. The van der Waals surface area contributed by atoms with Gasteiger partial charge in [0.2, 0.25) is 6.29 Å². The fourth-order valence-electron chi connectivity index (χ4n) is 6.40. The smallest absolute Gasteiger partial charge is 0.308 e. The number of aliphatic hydroxyl groups excluding tert-OH is 3. The van der Waals surface area contributed by atoms with Gasteiger partial charge in [-0.2, -0.15) is 0 Å². The van der Waals surface area contributed by atoms with E-state index in [4.69, 9.17) is 14.2 Å². The minimum Gasteiger partial charge on any atom is -0.507 e. The Hall–Kier alpha value is -3.94. The van der Waals surface area contributed by atoms with Crippen LogP contribution in [-0.2, 0) is 16.0 Å². The maximum atomic E-state index is 14.3. The van der Waals surface area contributed by atoms with Gasteiger partial charge >= 0.3 is 5.97 Å². The highest BCUT2D eigenvalue weighted by Gasteiger charge is 2.46. The molecule has 0 spiro atoms. The second-order valence-corrected chi connectivity index (χ2v) is 11.6. The van der Waals surface area contributed by atoms with Crippen molar-refractivity contribution in [3.8, 4) is 17.2 Å². The predicted octanol–water partition coefficient (Wildman–Crippen LogP) is 1.32. The molecule has 2 saturated heterocycles. The number of benzene rings is 2. The summed E-state index contributed by atoms with van der Waals surface area (Å²) in [5.41, 5.74) is 1.17. The number of hydrogen-bond acceptors (Lipinski definition) is 12. The molecular weight excluding hydrogens is 572 g/mol. The van der Waals surface area contributed by atoms with Crippen molar-refractivity contribution in [2.45, 2.75) is 69.7 Å². The summed E-state index contributed by atoms with van der Waals surface area (Å²) in [7, 11) is 0. The number of ketones is 2. The van der Waals surface area contributed by atoms with Gasteiger partial charge in [-0.1, -0.05) is 6.08 Å². The van der Waals surface area contributed by atoms with Crippen LogP contribution in [0.1, 0.15) is 75.6 Å². The number of nitrogens with zero attached hydrogens (tertiary/aromatic N) is 1. The molecule has 1 aliphatic carbocycles. The molecule has 12 nitrogen and oxygen atoms in total. The Kier molecular flexibility index (Phi) is 8.12. The fraction of sp³-hybridized carbons (Fsp3) is 0.438. The highest BCUT2D eigenvalue weighted by atomic mass is 16.7. The van der Waals surface area contributed by atoms with Crippen LogP contribution in [0.15, 0.2) is 34.8 Å². The molecule has 0 bridgehead atoms. The van der Waals surface area contributed by atoms with Crippen LogP contribution in [0, 0.1) is 0 Å². The van der Waals surface area contributed by atoms with Gasteiger partial charge in [-0.05, 0) is 62.5 Å². The zero-order valence-corrected chi connectivity index (χ0v) is 24.3. The Bertz CT molecular complexity index is 1590. The predicted molar refractivity (Wildman–Crippen MR) is 156 cm³/mol. The number of allylic oxidation sites excluding steroid dienone is 1. The fourth-order valence-corrected chi connectivity index (χ4v) is 6.40. The number of piperidine rings is 1. The van der Waals surface area contributed by atoms with E-state index in [2.05, 4.69) is 10.3 Å². The number of nitrogens with one attached hydrogen (secondary N) is 1. The molecule has 2 aromatic rings. The van der Waals surface area contributed by atoms with E-state index in [1.54, 1.807) is 6.21 Å². The molecular formula is C32H34N2O10. The van der Waals surface area contributed by atoms with Gasteiger partial charge in [0.1, 0.15) is 35.6 Å². The molecule has 2 aromatic carbocycles. The molecule has 0 radical (unpaired) electrons. The van der Waals surface area contributed by atoms with E-state index in [9.17, 15) is 34.8 Å². The van der Waals surface area contributed by atoms with Crippen LogP contribution in [0.2, 0.25) is 0 Å². The van der Waals surface area contributed by atoms with E-state index in [1.165, 1.54) is 32.0 Å². The van der Waals surface area contributed by atoms with Crippen LogP contribution in [0.5, 0.6) is 17.2 Å². The number of aliphatic imine (C=N–C) groups is 1. The van der Waals surface area contributed by atoms with E-state index in [1.807, 2.05) is 6.08 Å². The second kappa shape index (κ2) is 11.9. The SMILES string of the molecule is CC(=O)Oc1ccc2c(c1)C(=O)c1c(CC3=CCN=C3)c(O[C@H]3O[C@@H](C)[C@@H](O)[C@@H](O)[C@H]3O)c(C3CCNCC3)c(O)c1C2=O. The molecule has 5 atom stereocenters. The van der Waals surface area contributed by atoms with Crippen LogP contribution in [-0.4, -0.2) is 94.5 Å². The van der Waals surface area contributed by atoms with Crippen molar-refractivity contribution in [3.05, 3.63) is 63.2 Å². The minimum absolute atomic E-state index is 0.00217. The van der Waals surface area contributed by atoms with E-state index >= 15 is 0 Å². The number of esters is 1. The van der Waals surface area contributed by atoms with Crippen molar-refractivity contribution < 1.29 is 49.0 Å². The first-order valence-corrected chi connectivity index (χ1v) is 14.7. The zero-order chi connectivity index (χ0) is 31.3. The van der Waals surface area contributed by atoms with E-state index in [-0.39, 0.29) is 51.7 Å². The van der Waals surface area contributed by atoms with E-state index in [0.717, 1.165) is 5.57 Å². The van der Waals surface area contributed by atoms with Crippen molar-refractivity contribution in [2.24, 2.45) is 4.99 Å². The second-order valence-electron chi connectivity index (χ2n) is 11.6. The zero-order valence-electron chi connectivity index (χ0n) is 24.3. The maximum absolute atomic E-state index is 14.3. The van der Waals surface area contributed by atoms with Crippen LogP contribution < -0.4 is 14.8 Å². The van der Waals surface area contributed by atoms with Gasteiger partial charge in [-0.15, -0.1) is 0 Å². The Morgan fingerprint density at radius 2 is 1.77 bits per heavy atom. The summed E-state index contributed by atoms with van der Waals surface area (Å²) in [6.07, 6.45) is -2.20. The molecule has 4 aliphatic rings. The quantitative estimate of drug-likeness (QED) is 0.201. The number of carbonyl (C=O) groups excluding carboxylic acids is 3. The first-order valence-electron chi connectivity index (χ1n) is 14.7. The van der Waals surface area contributed by atoms with Crippen LogP contribution in [0.4, 0.5) is 0 Å². The van der Waals surface area contributed by atoms with E-state index < -0.39 is 54.0 Å². The topological polar surface area (TPSA) is 184 Å². The molecule has 6 rings (SSSR count). The standard InChI is InChI=1S/C32H34N2O10/c1-14-25(36)29(40)30(41)32(42-14)44-31-21(11-16-5-8-34-13-16)23-24(28(39)22(31)17-6-9-33-10-7-17)26(37)19-4-3-18(43-15(2)35)12-20(19)27(23)38/h3-5,12-14,17,25,29-30,32-33,36,39-41H,6-11H2,1-2H3/t14-,25+,29+,30+,32+/m0/s1. The summed E-state index contributed by atoms with van der Waals surface area (Å²) >= 11 is 0. The van der Waals surface area contributed by atoms with Gasteiger partial charge in [-0.25, -0.2) is 0 Å². The highest BCUT2D eigenvalue weighted by Crippen LogP contribution is 2.50. The van der Waals surface area contributed by atoms with Gasteiger partial charge in [0.15, 0.2) is 11.6 Å². The van der Waals surface area contributed by atoms with Gasteiger partial charge in [0, 0.05) is 47.4 Å². The number of carbonyl (C=O) groups is 3. The third-order valence-corrected chi connectivity index (χ3v) is 8.65. The molecule has 0 aromatic heterocycles. The summed E-state index contributed by atoms with van der Waals surface area (Å²) in [6.45, 7) is 4.44. The van der Waals surface area contributed by atoms with Crippen molar-refractivity contribution in [2.75, 3.05) is 19.6 Å². The van der Waals surface area contributed by atoms with Crippen molar-refractivity contribution in [1.82, 2.24) is 5.32 Å². The van der Waals surface area contributed by atoms with Crippen molar-refractivity contribution in [1.29, 1.82) is 0 Å². The van der Waals surface area contributed by atoms with Gasteiger partial charge in [0.25, 0.3) is 0 Å². The molecule has 44 heavy (non-hydrogen) atoms. The molecule has 3 aliphatic heterocycles. The lowest BCUT2D eigenvalue weighted by molar-refractivity contribution is -0.268. The summed E-state index contributed by atoms with van der Waals surface area (Å²) in [4.78, 5) is 44.2. The summed E-state index contributed by atoms with van der Waals surface area (Å²) in [6, 6.07) is 4.14. The molecule has 0 saturated carbocycles. The molecule has 2 fully saturated rings. The Morgan fingerprint density at radius 3 is 2.45 bits per heavy atom. The lowest BCUT2D eigenvalue weighted by Crippen LogP contribution is -2.58. The maximum Gasteiger partial charge on any atom is 0.308 e. The van der Waals surface area contributed by atoms with Crippen LogP contribution >= 0.6 is 0 Å². The lowest BCUT2D eigenvalue weighted by atomic mass is 9.76. The minimum atomic E-state index is -1.66. The average molecular weight is 607 g/mol. The summed E-state index contributed by atoms with van der Waals surface area (Å²) in [5.74, 6) is -2.28. The monoisotopic (exact) mass is 606 g/mol. The van der Waals surface area contributed by atoms with E-state index in [0.29, 0.717) is 38.0 Å². The van der Waals surface area contributed by atoms with Crippen LogP contribution in [0.3, 0.4) is 0 Å². The third-order valence-electron chi connectivity index (χ3n) is 8.65. The molecule has 0 amide bonds. The Morgan fingerprint density at radius 1 is 1.05 bits per heavy atom. The summed E-state index contributed by atoms with van der Waals surface area (Å²) < 4.78 is 17.3. The number of rotatable bonds is 6. The average Bonchev–Trinajstić information content (AvgIpc) is 3.52.